The first kappa shape index (κ1) is 21.4. The fourth-order valence-electron chi connectivity index (χ4n) is 3.35. The van der Waals surface area contributed by atoms with Gasteiger partial charge in [-0.05, 0) is 48.2 Å². The number of halogens is 5. The van der Waals surface area contributed by atoms with E-state index < -0.39 is 17.5 Å². The summed E-state index contributed by atoms with van der Waals surface area (Å²) < 4.78 is 51.8. The average Bonchev–Trinajstić information content (AvgIpc) is 2.65. The molecule has 0 unspecified atom stereocenters. The largest absolute Gasteiger partial charge is 0.352 e. The van der Waals surface area contributed by atoms with Crippen molar-refractivity contribution in [2.45, 2.75) is 38.9 Å². The number of rotatable bonds is 6. The van der Waals surface area contributed by atoms with Gasteiger partial charge in [-0.3, -0.25) is 0 Å². The Morgan fingerprint density at radius 2 is 1.50 bits per heavy atom. The Hall–Kier alpha value is -1.27. The summed E-state index contributed by atoms with van der Waals surface area (Å²) in [7, 11) is 0. The van der Waals surface area contributed by atoms with Gasteiger partial charge in [0.15, 0.2) is 23.7 Å². The first-order valence-corrected chi connectivity index (χ1v) is 10.0. The third kappa shape index (κ3) is 5.01. The summed E-state index contributed by atoms with van der Waals surface area (Å²) in [5, 5.41) is 0.475. The van der Waals surface area contributed by atoms with Crippen LogP contribution in [0.1, 0.15) is 31.7 Å². The van der Waals surface area contributed by atoms with E-state index in [1.165, 1.54) is 0 Å². The first-order chi connectivity index (χ1) is 13.4. The maximum Gasteiger partial charge on any atom is 0.194 e. The zero-order valence-corrected chi connectivity index (χ0v) is 16.9. The Morgan fingerprint density at radius 1 is 0.929 bits per heavy atom. The quantitative estimate of drug-likeness (QED) is 0.467. The van der Waals surface area contributed by atoms with Gasteiger partial charge in [-0.25, -0.2) is 13.2 Å². The lowest BCUT2D eigenvalue weighted by atomic mass is 10.0. The summed E-state index contributed by atoms with van der Waals surface area (Å²) in [5.74, 6) is -3.67. The molecule has 1 saturated heterocycles. The molecule has 0 N–H and O–H groups in total. The minimum Gasteiger partial charge on any atom is -0.352 e. The molecule has 1 fully saturated rings. The average molecular weight is 433 g/mol. The van der Waals surface area contributed by atoms with Crippen molar-refractivity contribution in [1.29, 1.82) is 0 Å². The molecule has 0 aromatic heterocycles. The molecule has 2 nitrogen and oxygen atoms in total. The van der Waals surface area contributed by atoms with E-state index in [9.17, 15) is 13.2 Å². The molecule has 152 valence electrons. The van der Waals surface area contributed by atoms with E-state index >= 15 is 0 Å². The van der Waals surface area contributed by atoms with Crippen molar-refractivity contribution in [1.82, 2.24) is 0 Å². The van der Waals surface area contributed by atoms with Crippen LogP contribution in [0, 0.1) is 23.4 Å². The molecule has 0 spiro atoms. The van der Waals surface area contributed by atoms with Crippen molar-refractivity contribution < 1.29 is 22.6 Å². The molecule has 0 atom stereocenters. The monoisotopic (exact) mass is 432 g/mol. The standard InChI is InChI=1S/C21H21Cl2F3O2/c1-2-3-13-10-27-19(28-11-13)5-4-12-6-15(22)20(16(23)7-12)14-8-17(24)21(26)18(25)9-14/h6-9,13,19H,2-5,10-11H2,1H3/t13-,19-. The molecular weight excluding hydrogens is 412 g/mol. The van der Waals surface area contributed by atoms with E-state index in [-0.39, 0.29) is 27.5 Å². The van der Waals surface area contributed by atoms with Gasteiger partial charge in [-0.2, -0.15) is 0 Å². The zero-order valence-electron chi connectivity index (χ0n) is 15.4. The lowest BCUT2D eigenvalue weighted by molar-refractivity contribution is -0.203. The molecule has 1 aliphatic rings. The molecule has 0 bridgehead atoms. The van der Waals surface area contributed by atoms with Crippen molar-refractivity contribution in [2.75, 3.05) is 13.2 Å². The highest BCUT2D eigenvalue weighted by atomic mass is 35.5. The second-order valence-electron chi connectivity index (χ2n) is 6.98. The van der Waals surface area contributed by atoms with Gasteiger partial charge in [-0.15, -0.1) is 0 Å². The highest BCUT2D eigenvalue weighted by Crippen LogP contribution is 2.37. The third-order valence-corrected chi connectivity index (χ3v) is 5.37. The van der Waals surface area contributed by atoms with Crippen molar-refractivity contribution in [2.24, 2.45) is 5.92 Å². The fraction of sp³-hybridized carbons (Fsp3) is 0.429. The predicted octanol–water partition coefficient (Wildman–Crippen LogP) is 6.80. The van der Waals surface area contributed by atoms with Gasteiger partial charge in [0, 0.05) is 17.9 Å². The smallest absolute Gasteiger partial charge is 0.194 e. The van der Waals surface area contributed by atoms with Crippen LogP contribution in [0.2, 0.25) is 10.0 Å². The molecule has 28 heavy (non-hydrogen) atoms. The van der Waals surface area contributed by atoms with Gasteiger partial charge in [-0.1, -0.05) is 36.5 Å². The van der Waals surface area contributed by atoms with Crippen molar-refractivity contribution in [3.8, 4) is 11.1 Å². The van der Waals surface area contributed by atoms with E-state index in [0.717, 1.165) is 30.5 Å². The van der Waals surface area contributed by atoms with Crippen LogP contribution in [0.4, 0.5) is 13.2 Å². The lowest BCUT2D eigenvalue weighted by Gasteiger charge is -2.29. The highest BCUT2D eigenvalue weighted by molar-refractivity contribution is 6.39. The molecule has 0 saturated carbocycles. The predicted molar refractivity (Wildman–Crippen MR) is 104 cm³/mol. The summed E-state index contributed by atoms with van der Waals surface area (Å²) in [6.45, 7) is 3.53. The lowest BCUT2D eigenvalue weighted by Crippen LogP contribution is -2.32. The molecule has 7 heteroatoms. The minimum absolute atomic E-state index is 0.0823. The summed E-state index contributed by atoms with van der Waals surface area (Å²) in [6.07, 6.45) is 3.18. The van der Waals surface area contributed by atoms with Gasteiger partial charge in [0.1, 0.15) is 0 Å². The molecule has 2 aromatic rings. The van der Waals surface area contributed by atoms with E-state index in [0.29, 0.717) is 32.0 Å². The van der Waals surface area contributed by atoms with Crippen LogP contribution in [-0.2, 0) is 15.9 Å². The summed E-state index contributed by atoms with van der Waals surface area (Å²) >= 11 is 12.6. The molecule has 1 aliphatic heterocycles. The number of aryl methyl sites for hydroxylation is 1. The number of hydrogen-bond donors (Lipinski definition) is 0. The van der Waals surface area contributed by atoms with E-state index in [4.69, 9.17) is 32.7 Å². The Balaban J connectivity index is 1.69. The first-order valence-electron chi connectivity index (χ1n) is 9.25. The van der Waals surface area contributed by atoms with Crippen LogP contribution >= 0.6 is 23.2 Å². The molecule has 0 radical (unpaired) electrons. The van der Waals surface area contributed by atoms with Crippen molar-refractivity contribution in [3.63, 3.8) is 0 Å². The minimum atomic E-state index is -1.53. The van der Waals surface area contributed by atoms with E-state index in [1.54, 1.807) is 12.1 Å². The van der Waals surface area contributed by atoms with Gasteiger partial charge in [0.05, 0.1) is 23.3 Å². The Kier molecular flexibility index (Phi) is 7.26. The fourth-order valence-corrected chi connectivity index (χ4v) is 4.11. The van der Waals surface area contributed by atoms with E-state index in [1.807, 2.05) is 0 Å². The van der Waals surface area contributed by atoms with Crippen molar-refractivity contribution in [3.05, 3.63) is 57.3 Å². The Bertz CT molecular complexity index is 790. The van der Waals surface area contributed by atoms with Crippen LogP contribution in [0.5, 0.6) is 0 Å². The van der Waals surface area contributed by atoms with Crippen LogP contribution in [0.15, 0.2) is 24.3 Å². The zero-order chi connectivity index (χ0) is 20.3. The van der Waals surface area contributed by atoms with Crippen molar-refractivity contribution >= 4 is 23.2 Å². The Morgan fingerprint density at radius 3 is 2.04 bits per heavy atom. The summed E-state index contributed by atoms with van der Waals surface area (Å²) in [5.41, 5.74) is 1.20. The number of hydrogen-bond acceptors (Lipinski definition) is 2. The highest BCUT2D eigenvalue weighted by Gasteiger charge is 2.22. The van der Waals surface area contributed by atoms with Crippen LogP contribution in [0.25, 0.3) is 11.1 Å². The maximum atomic E-state index is 13.5. The molecule has 2 aromatic carbocycles. The van der Waals surface area contributed by atoms with Gasteiger partial charge in [0.2, 0.25) is 0 Å². The van der Waals surface area contributed by atoms with E-state index in [2.05, 4.69) is 6.92 Å². The summed E-state index contributed by atoms with van der Waals surface area (Å²) in [6, 6.07) is 5.12. The van der Waals surface area contributed by atoms with Crippen LogP contribution in [0.3, 0.4) is 0 Å². The number of ether oxygens (including phenoxy) is 2. The molecule has 1 heterocycles. The summed E-state index contributed by atoms with van der Waals surface area (Å²) in [4.78, 5) is 0. The normalized spacial score (nSPS) is 19.8. The SMILES string of the molecule is CCC[C@H]1CO[C@H](CCc2cc(Cl)c(-c3cc(F)c(F)c(F)c3)c(Cl)c2)OC1. The van der Waals surface area contributed by atoms with Gasteiger partial charge >= 0.3 is 0 Å². The second-order valence-corrected chi connectivity index (χ2v) is 7.79. The molecular formula is C21H21Cl2F3O2. The number of benzene rings is 2. The topological polar surface area (TPSA) is 18.5 Å². The maximum absolute atomic E-state index is 13.5. The third-order valence-electron chi connectivity index (χ3n) is 4.78. The van der Waals surface area contributed by atoms with Gasteiger partial charge < -0.3 is 9.47 Å². The Labute approximate surface area is 172 Å². The molecule has 3 rings (SSSR count). The van der Waals surface area contributed by atoms with Crippen LogP contribution < -0.4 is 0 Å². The second kappa shape index (κ2) is 9.49. The molecule has 0 amide bonds. The van der Waals surface area contributed by atoms with Crippen LogP contribution in [-0.4, -0.2) is 19.5 Å². The van der Waals surface area contributed by atoms with Gasteiger partial charge in [0.25, 0.3) is 0 Å². The molecule has 0 aliphatic carbocycles.